The predicted molar refractivity (Wildman–Crippen MR) is 103 cm³/mol. The average molecular weight is 384 g/mol. The number of anilines is 1. The van der Waals surface area contributed by atoms with E-state index >= 15 is 0 Å². The Morgan fingerprint density at radius 2 is 1.86 bits per heavy atom. The van der Waals surface area contributed by atoms with Crippen LogP contribution in [0.25, 0.3) is 0 Å². The molecule has 0 aliphatic carbocycles. The number of rotatable bonds is 7. The summed E-state index contributed by atoms with van der Waals surface area (Å²) in [6.45, 7) is 2.58. The van der Waals surface area contributed by atoms with Gasteiger partial charge in [0.05, 0.1) is 25.3 Å². The van der Waals surface area contributed by atoms with Crippen molar-refractivity contribution in [2.45, 2.75) is 32.2 Å². The molecule has 1 aliphatic rings. The first-order valence-corrected chi connectivity index (χ1v) is 9.35. The molecule has 0 bridgehead atoms. The van der Waals surface area contributed by atoms with Crippen LogP contribution in [0.15, 0.2) is 42.6 Å². The minimum Gasteiger partial charge on any atom is -0.493 e. The summed E-state index contributed by atoms with van der Waals surface area (Å²) in [5.41, 5.74) is 0. The summed E-state index contributed by atoms with van der Waals surface area (Å²) in [6, 6.07) is 11.2. The van der Waals surface area contributed by atoms with E-state index in [1.165, 1.54) is 6.92 Å². The van der Waals surface area contributed by atoms with Crippen molar-refractivity contribution in [3.05, 3.63) is 42.6 Å². The maximum absolute atomic E-state index is 12.2. The number of hydrogen-bond acceptors (Lipinski definition) is 5. The standard InChI is InChI=1S/C20H24N4O4/c1-15(25)20(27)23-12-8-16(9-13-23)24-18(7-11-21-24)22-19(26)10-14-28-17-5-3-2-4-6-17/h2-7,11,16H,8-10,12-14H2,1H3,(H,22,26). The van der Waals surface area contributed by atoms with Crippen LogP contribution in [0.5, 0.6) is 5.75 Å². The number of piperidine rings is 1. The van der Waals surface area contributed by atoms with Crippen molar-refractivity contribution in [2.24, 2.45) is 0 Å². The van der Waals surface area contributed by atoms with Crippen LogP contribution in [0.4, 0.5) is 5.82 Å². The van der Waals surface area contributed by atoms with E-state index in [-0.39, 0.29) is 25.0 Å². The molecule has 1 saturated heterocycles. The lowest BCUT2D eigenvalue weighted by Crippen LogP contribution is -2.42. The van der Waals surface area contributed by atoms with Crippen molar-refractivity contribution in [1.82, 2.24) is 14.7 Å². The molecule has 1 aliphatic heterocycles. The fourth-order valence-corrected chi connectivity index (χ4v) is 3.22. The molecule has 28 heavy (non-hydrogen) atoms. The van der Waals surface area contributed by atoms with Crippen LogP contribution in [0.1, 0.15) is 32.2 Å². The van der Waals surface area contributed by atoms with E-state index in [2.05, 4.69) is 10.4 Å². The number of Topliss-reactive ketones (excluding diaryl/α,β-unsaturated/α-hetero) is 1. The van der Waals surface area contributed by atoms with Crippen LogP contribution < -0.4 is 10.1 Å². The second-order valence-electron chi connectivity index (χ2n) is 6.70. The number of hydrogen-bond donors (Lipinski definition) is 1. The van der Waals surface area contributed by atoms with E-state index in [1.807, 2.05) is 30.3 Å². The fourth-order valence-electron chi connectivity index (χ4n) is 3.22. The highest BCUT2D eigenvalue weighted by atomic mass is 16.5. The molecule has 2 aromatic rings. The van der Waals surface area contributed by atoms with Crippen LogP contribution in [0.3, 0.4) is 0 Å². The third kappa shape index (κ3) is 4.97. The lowest BCUT2D eigenvalue weighted by Gasteiger charge is -2.32. The number of carbonyl (C=O) groups excluding carboxylic acids is 3. The van der Waals surface area contributed by atoms with Crippen LogP contribution in [0.2, 0.25) is 0 Å². The number of para-hydroxylation sites is 1. The van der Waals surface area contributed by atoms with Gasteiger partial charge in [-0.2, -0.15) is 5.10 Å². The smallest absolute Gasteiger partial charge is 0.289 e. The monoisotopic (exact) mass is 384 g/mol. The maximum Gasteiger partial charge on any atom is 0.289 e. The average Bonchev–Trinajstić information content (AvgIpc) is 3.16. The summed E-state index contributed by atoms with van der Waals surface area (Å²) in [5.74, 6) is 0.323. The van der Waals surface area contributed by atoms with E-state index < -0.39 is 11.7 Å². The van der Waals surface area contributed by atoms with Gasteiger partial charge in [-0.05, 0) is 25.0 Å². The van der Waals surface area contributed by atoms with Crippen molar-refractivity contribution < 1.29 is 19.1 Å². The quantitative estimate of drug-likeness (QED) is 0.738. The van der Waals surface area contributed by atoms with Crippen molar-refractivity contribution in [3.63, 3.8) is 0 Å². The van der Waals surface area contributed by atoms with E-state index in [0.29, 0.717) is 31.7 Å². The van der Waals surface area contributed by atoms with Crippen molar-refractivity contribution >= 4 is 23.4 Å². The molecule has 0 unspecified atom stereocenters. The largest absolute Gasteiger partial charge is 0.493 e. The van der Waals surface area contributed by atoms with Crippen LogP contribution in [0, 0.1) is 0 Å². The number of aromatic nitrogens is 2. The highest BCUT2D eigenvalue weighted by Gasteiger charge is 2.27. The van der Waals surface area contributed by atoms with Gasteiger partial charge in [-0.15, -0.1) is 0 Å². The predicted octanol–water partition coefficient (Wildman–Crippen LogP) is 2.04. The molecule has 3 rings (SSSR count). The van der Waals surface area contributed by atoms with Crippen LogP contribution in [-0.4, -0.2) is 52.0 Å². The van der Waals surface area contributed by atoms with Gasteiger partial charge in [-0.1, -0.05) is 18.2 Å². The third-order valence-corrected chi connectivity index (χ3v) is 4.68. The van der Waals surface area contributed by atoms with Crippen LogP contribution in [-0.2, 0) is 14.4 Å². The second kappa shape index (κ2) is 9.16. The lowest BCUT2D eigenvalue weighted by molar-refractivity contribution is -0.144. The number of carbonyl (C=O) groups is 3. The molecule has 0 radical (unpaired) electrons. The number of ether oxygens (including phenoxy) is 1. The molecule has 8 nitrogen and oxygen atoms in total. The summed E-state index contributed by atoms with van der Waals surface area (Å²) in [6.07, 6.45) is 3.23. The van der Waals surface area contributed by atoms with Crippen molar-refractivity contribution in [2.75, 3.05) is 25.0 Å². The van der Waals surface area contributed by atoms with Gasteiger partial charge >= 0.3 is 0 Å². The summed E-state index contributed by atoms with van der Waals surface area (Å²) in [5, 5.41) is 7.20. The highest BCUT2D eigenvalue weighted by Crippen LogP contribution is 2.25. The summed E-state index contributed by atoms with van der Waals surface area (Å²) in [7, 11) is 0. The maximum atomic E-state index is 12.2. The first-order chi connectivity index (χ1) is 13.5. The Labute approximate surface area is 163 Å². The van der Waals surface area contributed by atoms with E-state index in [9.17, 15) is 14.4 Å². The molecule has 0 spiro atoms. The molecular weight excluding hydrogens is 360 g/mol. The van der Waals surface area contributed by atoms with Crippen molar-refractivity contribution in [3.8, 4) is 5.75 Å². The zero-order valence-electron chi connectivity index (χ0n) is 15.8. The molecular formula is C20H24N4O4. The molecule has 1 N–H and O–H groups in total. The van der Waals surface area contributed by atoms with Gasteiger partial charge in [0.1, 0.15) is 11.6 Å². The minimum absolute atomic E-state index is 0.0712. The van der Waals surface area contributed by atoms with Gasteiger partial charge in [0.2, 0.25) is 11.7 Å². The molecule has 1 aromatic heterocycles. The highest BCUT2D eigenvalue weighted by molar-refractivity contribution is 6.35. The van der Waals surface area contributed by atoms with Gasteiger partial charge < -0.3 is 15.0 Å². The second-order valence-corrected chi connectivity index (χ2v) is 6.70. The molecule has 1 aromatic carbocycles. The van der Waals surface area contributed by atoms with E-state index in [1.54, 1.807) is 21.8 Å². The number of amides is 2. The number of likely N-dealkylation sites (tertiary alicyclic amines) is 1. The van der Waals surface area contributed by atoms with Crippen LogP contribution >= 0.6 is 0 Å². The Hall–Kier alpha value is -3.16. The third-order valence-electron chi connectivity index (χ3n) is 4.68. The Bertz CT molecular complexity index is 826. The van der Waals surface area contributed by atoms with E-state index in [0.717, 1.165) is 5.75 Å². The first kappa shape index (κ1) is 19.6. The summed E-state index contributed by atoms with van der Waals surface area (Å²) < 4.78 is 7.33. The van der Waals surface area contributed by atoms with Gasteiger partial charge in [0, 0.05) is 26.1 Å². The fraction of sp³-hybridized carbons (Fsp3) is 0.400. The van der Waals surface area contributed by atoms with Gasteiger partial charge in [-0.25, -0.2) is 4.68 Å². The Balaban J connectivity index is 1.49. The SMILES string of the molecule is CC(=O)C(=O)N1CCC(n2nccc2NC(=O)CCOc2ccccc2)CC1. The van der Waals surface area contributed by atoms with Gasteiger partial charge in [0.15, 0.2) is 0 Å². The zero-order valence-corrected chi connectivity index (χ0v) is 15.8. The number of nitrogens with zero attached hydrogens (tertiary/aromatic N) is 3. The number of ketones is 1. The molecule has 2 amide bonds. The van der Waals surface area contributed by atoms with Crippen molar-refractivity contribution in [1.29, 1.82) is 0 Å². The first-order valence-electron chi connectivity index (χ1n) is 9.35. The van der Waals surface area contributed by atoms with E-state index in [4.69, 9.17) is 4.74 Å². The number of benzene rings is 1. The topological polar surface area (TPSA) is 93.5 Å². The molecule has 8 heteroatoms. The molecule has 2 heterocycles. The molecule has 0 saturated carbocycles. The van der Waals surface area contributed by atoms with Gasteiger partial charge in [0.25, 0.3) is 5.91 Å². The minimum atomic E-state index is -0.441. The molecule has 148 valence electrons. The lowest BCUT2D eigenvalue weighted by atomic mass is 10.0. The summed E-state index contributed by atoms with van der Waals surface area (Å²) >= 11 is 0. The van der Waals surface area contributed by atoms with Gasteiger partial charge in [-0.3, -0.25) is 14.4 Å². The Morgan fingerprint density at radius 1 is 1.14 bits per heavy atom. The normalized spacial score (nSPS) is 14.5. The zero-order chi connectivity index (χ0) is 19.9. The molecule has 1 fully saturated rings. The number of nitrogens with one attached hydrogen (secondary N) is 1. The molecule has 0 atom stereocenters. The Morgan fingerprint density at radius 3 is 2.54 bits per heavy atom. The summed E-state index contributed by atoms with van der Waals surface area (Å²) in [4.78, 5) is 36.8. The Kier molecular flexibility index (Phi) is 6.41.